The topological polar surface area (TPSA) is 60.4 Å². The highest BCUT2D eigenvalue weighted by molar-refractivity contribution is 6.31. The molecule has 1 aromatic heterocycles. The summed E-state index contributed by atoms with van der Waals surface area (Å²) >= 11 is 6.08. The third-order valence-electron chi connectivity index (χ3n) is 6.65. The summed E-state index contributed by atoms with van der Waals surface area (Å²) in [4.78, 5) is 7.03. The van der Waals surface area contributed by atoms with Crippen LogP contribution in [0, 0.1) is 0 Å². The fourth-order valence-electron chi connectivity index (χ4n) is 5.12. The van der Waals surface area contributed by atoms with Gasteiger partial charge in [0.2, 0.25) is 0 Å². The Hall–Kier alpha value is -2.34. The van der Waals surface area contributed by atoms with Crippen LogP contribution in [0.4, 0.5) is 11.4 Å². The zero-order valence-corrected chi connectivity index (χ0v) is 17.8. The second-order valence-electron chi connectivity index (χ2n) is 8.51. The van der Waals surface area contributed by atoms with Gasteiger partial charge in [-0.15, -0.1) is 0 Å². The van der Waals surface area contributed by atoms with Crippen LogP contribution in [0.1, 0.15) is 31.2 Å². The molecule has 2 aliphatic heterocycles. The molecule has 0 saturated carbocycles. The van der Waals surface area contributed by atoms with Crippen LogP contribution in [0.15, 0.2) is 48.7 Å². The standard InChI is InChI=1S/C24H27ClN4O/c25-18-4-6-20-21(7-10-27-22(20)13-18)28-19-5-3-17(23(30)14-19)15-26-16-24-8-1-11-29(24)12-2-9-24/h3-7,10,13-14,26,30H,1-2,8-9,11-12,15-16H2,(H,27,28). The van der Waals surface area contributed by atoms with Crippen molar-refractivity contribution in [3.05, 3.63) is 59.2 Å². The highest BCUT2D eigenvalue weighted by atomic mass is 35.5. The van der Waals surface area contributed by atoms with Crippen molar-refractivity contribution in [1.82, 2.24) is 15.2 Å². The maximum atomic E-state index is 10.6. The first kappa shape index (κ1) is 19.6. The Morgan fingerprint density at radius 2 is 1.90 bits per heavy atom. The third-order valence-corrected chi connectivity index (χ3v) is 6.88. The fourth-order valence-corrected chi connectivity index (χ4v) is 5.29. The molecule has 0 aliphatic carbocycles. The zero-order chi connectivity index (χ0) is 20.6. The number of aromatic nitrogens is 1. The number of pyridine rings is 1. The molecule has 0 bridgehead atoms. The summed E-state index contributed by atoms with van der Waals surface area (Å²) in [6.07, 6.45) is 6.96. The number of anilines is 2. The molecule has 3 aromatic rings. The molecular formula is C24H27ClN4O. The van der Waals surface area contributed by atoms with E-state index in [9.17, 15) is 5.11 Å². The van der Waals surface area contributed by atoms with E-state index in [4.69, 9.17) is 11.6 Å². The summed E-state index contributed by atoms with van der Waals surface area (Å²) in [5.41, 5.74) is 3.89. The van der Waals surface area contributed by atoms with E-state index in [2.05, 4.69) is 20.5 Å². The molecule has 2 fully saturated rings. The van der Waals surface area contributed by atoms with Crippen LogP contribution in [0.2, 0.25) is 5.02 Å². The van der Waals surface area contributed by atoms with Gasteiger partial charge in [0, 0.05) is 58.2 Å². The lowest BCUT2D eigenvalue weighted by atomic mass is 9.94. The van der Waals surface area contributed by atoms with Crippen LogP contribution in [0.5, 0.6) is 5.75 Å². The van der Waals surface area contributed by atoms with Gasteiger partial charge in [0.15, 0.2) is 0 Å². The van der Waals surface area contributed by atoms with E-state index in [1.54, 1.807) is 12.3 Å². The van der Waals surface area contributed by atoms with Crippen LogP contribution in [-0.2, 0) is 6.54 Å². The van der Waals surface area contributed by atoms with Crippen LogP contribution < -0.4 is 10.6 Å². The van der Waals surface area contributed by atoms with Crippen molar-refractivity contribution in [2.75, 3.05) is 25.0 Å². The van der Waals surface area contributed by atoms with E-state index in [-0.39, 0.29) is 0 Å². The highest BCUT2D eigenvalue weighted by Gasteiger charge is 2.43. The number of hydrogen-bond donors (Lipinski definition) is 3. The number of halogens is 1. The minimum Gasteiger partial charge on any atom is -0.508 e. The Labute approximate surface area is 182 Å². The number of benzene rings is 2. The largest absolute Gasteiger partial charge is 0.508 e. The molecule has 2 saturated heterocycles. The molecule has 3 N–H and O–H groups in total. The zero-order valence-electron chi connectivity index (χ0n) is 17.0. The van der Waals surface area contributed by atoms with Gasteiger partial charge in [0.05, 0.1) is 5.52 Å². The van der Waals surface area contributed by atoms with Crippen LogP contribution in [0.25, 0.3) is 10.9 Å². The fraction of sp³-hybridized carbons (Fsp3) is 0.375. The van der Waals surface area contributed by atoms with Crippen molar-refractivity contribution in [3.8, 4) is 5.75 Å². The molecule has 156 valence electrons. The van der Waals surface area contributed by atoms with Crippen molar-refractivity contribution in [1.29, 1.82) is 0 Å². The predicted molar refractivity (Wildman–Crippen MR) is 123 cm³/mol. The molecule has 0 amide bonds. The summed E-state index contributed by atoms with van der Waals surface area (Å²) in [5.74, 6) is 0.307. The normalized spacial score (nSPS) is 18.0. The second-order valence-corrected chi connectivity index (χ2v) is 8.95. The van der Waals surface area contributed by atoms with Gasteiger partial charge in [-0.2, -0.15) is 0 Å². The molecule has 5 rings (SSSR count). The molecule has 2 aliphatic rings. The number of rotatable bonds is 6. The number of phenolic OH excluding ortho intramolecular Hbond substituents is 1. The average molecular weight is 423 g/mol. The van der Waals surface area contributed by atoms with Crippen LogP contribution in [0.3, 0.4) is 0 Å². The van der Waals surface area contributed by atoms with Gasteiger partial charge in [-0.25, -0.2) is 0 Å². The van der Waals surface area contributed by atoms with Crippen LogP contribution in [-0.4, -0.2) is 40.2 Å². The molecule has 5 nitrogen and oxygen atoms in total. The van der Waals surface area contributed by atoms with Crippen molar-refractivity contribution < 1.29 is 5.11 Å². The van der Waals surface area contributed by atoms with Gasteiger partial charge >= 0.3 is 0 Å². The Kier molecular flexibility index (Phi) is 5.27. The van der Waals surface area contributed by atoms with E-state index >= 15 is 0 Å². The van der Waals surface area contributed by atoms with Crippen molar-refractivity contribution in [3.63, 3.8) is 0 Å². The Bertz CT molecular complexity index is 1060. The van der Waals surface area contributed by atoms with Gasteiger partial charge in [-0.1, -0.05) is 17.7 Å². The summed E-state index contributed by atoms with van der Waals surface area (Å²) in [7, 11) is 0. The Morgan fingerprint density at radius 1 is 1.07 bits per heavy atom. The monoisotopic (exact) mass is 422 g/mol. The van der Waals surface area contributed by atoms with Gasteiger partial charge in [-0.3, -0.25) is 9.88 Å². The minimum absolute atomic E-state index is 0.307. The Balaban J connectivity index is 1.26. The number of phenols is 1. The van der Waals surface area contributed by atoms with Crippen molar-refractivity contribution in [2.45, 2.75) is 37.8 Å². The number of aromatic hydroxyl groups is 1. The Morgan fingerprint density at radius 3 is 2.70 bits per heavy atom. The molecule has 2 aromatic carbocycles. The van der Waals surface area contributed by atoms with Gasteiger partial charge in [-0.05, 0) is 69.1 Å². The SMILES string of the molecule is Oc1cc(Nc2ccnc3cc(Cl)ccc23)ccc1CNCC12CCCN1CCC2. The number of fused-ring (bicyclic) bond motifs is 2. The molecule has 6 heteroatoms. The quantitative estimate of drug-likeness (QED) is 0.518. The summed E-state index contributed by atoms with van der Waals surface area (Å²) in [5, 5.41) is 19.2. The maximum absolute atomic E-state index is 10.6. The van der Waals surface area contributed by atoms with E-state index in [1.165, 1.54) is 38.8 Å². The van der Waals surface area contributed by atoms with Gasteiger partial charge in [0.25, 0.3) is 0 Å². The molecule has 3 heterocycles. The van der Waals surface area contributed by atoms with Crippen molar-refractivity contribution >= 4 is 33.9 Å². The van der Waals surface area contributed by atoms with Gasteiger partial charge < -0.3 is 15.7 Å². The van der Waals surface area contributed by atoms with E-state index in [0.29, 0.717) is 22.9 Å². The lowest BCUT2D eigenvalue weighted by molar-refractivity contribution is 0.189. The summed E-state index contributed by atoms with van der Waals surface area (Å²) in [6.45, 7) is 4.16. The van der Waals surface area contributed by atoms with E-state index in [0.717, 1.165) is 34.4 Å². The van der Waals surface area contributed by atoms with Crippen LogP contribution >= 0.6 is 11.6 Å². The maximum Gasteiger partial charge on any atom is 0.122 e. The predicted octanol–water partition coefficient (Wildman–Crippen LogP) is 5.06. The first-order valence-electron chi connectivity index (χ1n) is 10.7. The summed E-state index contributed by atoms with van der Waals surface area (Å²) in [6, 6.07) is 13.4. The smallest absolute Gasteiger partial charge is 0.122 e. The second kappa shape index (κ2) is 8.06. The number of nitrogens with zero attached hydrogens (tertiary/aromatic N) is 2. The lowest BCUT2D eigenvalue weighted by Crippen LogP contribution is -2.46. The van der Waals surface area contributed by atoms with Crippen molar-refractivity contribution in [2.24, 2.45) is 0 Å². The third kappa shape index (κ3) is 3.73. The lowest BCUT2D eigenvalue weighted by Gasteiger charge is -2.32. The van der Waals surface area contributed by atoms with E-state index < -0.39 is 0 Å². The average Bonchev–Trinajstić information content (AvgIpc) is 3.30. The molecule has 0 radical (unpaired) electrons. The molecule has 0 spiro atoms. The molecule has 0 unspecified atom stereocenters. The molecule has 0 atom stereocenters. The highest BCUT2D eigenvalue weighted by Crippen LogP contribution is 2.38. The molecule has 30 heavy (non-hydrogen) atoms. The summed E-state index contributed by atoms with van der Waals surface area (Å²) < 4.78 is 0. The first-order chi connectivity index (χ1) is 14.6. The molecular weight excluding hydrogens is 396 g/mol. The minimum atomic E-state index is 0.307. The van der Waals surface area contributed by atoms with E-state index in [1.807, 2.05) is 36.4 Å². The first-order valence-corrected chi connectivity index (χ1v) is 11.1. The number of hydrogen-bond acceptors (Lipinski definition) is 5. The van der Waals surface area contributed by atoms with Gasteiger partial charge in [0.1, 0.15) is 5.75 Å². The number of nitrogens with one attached hydrogen (secondary N) is 2.